The Kier molecular flexibility index (Phi) is 2.54. The van der Waals surface area contributed by atoms with Crippen LogP contribution in [0.1, 0.15) is 6.92 Å². The van der Waals surface area contributed by atoms with Crippen LogP contribution in [0.3, 0.4) is 0 Å². The van der Waals surface area contributed by atoms with E-state index in [2.05, 4.69) is 32.3 Å². The summed E-state index contributed by atoms with van der Waals surface area (Å²) >= 11 is 5.88. The molecule has 3 amide bonds. The van der Waals surface area contributed by atoms with Gasteiger partial charge in [-0.25, -0.2) is 4.79 Å². The molecule has 11 heavy (non-hydrogen) atoms. The molecule has 0 N–H and O–H groups in total. The van der Waals surface area contributed by atoms with E-state index in [0.717, 1.165) is 3.93 Å². The van der Waals surface area contributed by atoms with Gasteiger partial charge in [-0.15, -0.1) is 0 Å². The number of amides is 3. The summed E-state index contributed by atoms with van der Waals surface area (Å²) in [7, 11) is 0. The van der Waals surface area contributed by atoms with E-state index in [1.807, 2.05) is 0 Å². The second kappa shape index (κ2) is 3.10. The number of halogens is 2. The Labute approximate surface area is 81.2 Å². The molecule has 4 nitrogen and oxygen atoms in total. The van der Waals surface area contributed by atoms with Crippen LogP contribution in [0.4, 0.5) is 4.79 Å². The highest BCUT2D eigenvalue weighted by Gasteiger charge is 2.34. The predicted molar refractivity (Wildman–Crippen MR) is 46.0 cm³/mol. The van der Waals surface area contributed by atoms with Gasteiger partial charge in [-0.3, -0.25) is 8.72 Å². The summed E-state index contributed by atoms with van der Waals surface area (Å²) in [5, 5.41) is 0. The molecule has 0 aromatic rings. The smallest absolute Gasteiger partial charge is 0.273 e. The van der Waals surface area contributed by atoms with Crippen molar-refractivity contribution >= 4 is 44.2 Å². The first kappa shape index (κ1) is 8.99. The fraction of sp³-hybridized carbons (Fsp3) is 0.600. The van der Waals surface area contributed by atoms with Crippen molar-refractivity contribution in [2.75, 3.05) is 6.54 Å². The van der Waals surface area contributed by atoms with Gasteiger partial charge in [0.1, 0.15) is 0 Å². The molecule has 0 spiro atoms. The summed E-state index contributed by atoms with van der Waals surface area (Å²) in [5.41, 5.74) is 0. The van der Waals surface area contributed by atoms with Crippen molar-refractivity contribution in [2.45, 2.75) is 6.92 Å². The second-order valence-corrected chi connectivity index (χ2v) is 3.91. The molecule has 0 radical (unpaired) electrons. The minimum Gasteiger partial charge on any atom is -0.273 e. The summed E-state index contributed by atoms with van der Waals surface area (Å²) in [6, 6.07) is -0.381. The lowest BCUT2D eigenvalue weighted by Gasteiger charge is -2.29. The quantitative estimate of drug-likeness (QED) is 0.633. The molecule has 0 aliphatic carbocycles. The van der Waals surface area contributed by atoms with Crippen LogP contribution in [0.5, 0.6) is 0 Å². The zero-order valence-corrected chi connectivity index (χ0v) is 8.92. The number of carbonyl (C=O) groups is 2. The monoisotopic (exact) mass is 284 g/mol. The Morgan fingerprint density at radius 1 is 1.45 bits per heavy atom. The molecule has 0 aromatic carbocycles. The summed E-state index contributed by atoms with van der Waals surface area (Å²) in [6.45, 7) is 2.18. The minimum absolute atomic E-state index is 0.161. The van der Waals surface area contributed by atoms with Gasteiger partial charge in [0.25, 0.3) is 0 Å². The van der Waals surface area contributed by atoms with Crippen LogP contribution in [0.25, 0.3) is 0 Å². The maximum Gasteiger partial charge on any atom is 0.347 e. The zero-order valence-electron chi connectivity index (χ0n) is 5.75. The topological polar surface area (TPSA) is 40.6 Å². The third-order valence-electron chi connectivity index (χ3n) is 1.42. The largest absolute Gasteiger partial charge is 0.347 e. The molecule has 0 aromatic heterocycles. The van der Waals surface area contributed by atoms with Crippen LogP contribution in [0.2, 0.25) is 0 Å². The molecule has 1 aliphatic heterocycles. The normalized spacial score (nSPS) is 26.3. The molecule has 1 aliphatic rings. The van der Waals surface area contributed by atoms with Crippen LogP contribution in [-0.4, -0.2) is 26.3 Å². The zero-order chi connectivity index (χ0) is 8.59. The molecule has 1 saturated heterocycles. The van der Waals surface area contributed by atoms with Crippen LogP contribution in [0.15, 0.2) is 0 Å². The van der Waals surface area contributed by atoms with Crippen molar-refractivity contribution in [1.29, 1.82) is 0 Å². The Morgan fingerprint density at radius 3 is 2.55 bits per heavy atom. The molecule has 1 fully saturated rings. The molecule has 1 rings (SSSR count). The molecule has 0 bridgehead atoms. The van der Waals surface area contributed by atoms with E-state index in [9.17, 15) is 9.59 Å². The molecule has 1 heterocycles. The fourth-order valence-corrected chi connectivity index (χ4v) is 2.13. The third kappa shape index (κ3) is 1.56. The molecular weight excluding hydrogens is 280 g/mol. The van der Waals surface area contributed by atoms with Crippen molar-refractivity contribution in [2.24, 2.45) is 5.92 Å². The van der Waals surface area contributed by atoms with Gasteiger partial charge in [-0.1, -0.05) is 6.92 Å². The van der Waals surface area contributed by atoms with Crippen molar-refractivity contribution in [3.63, 3.8) is 0 Å². The summed E-state index contributed by atoms with van der Waals surface area (Å²) < 4.78 is 2.24. The first-order valence-corrected chi connectivity index (χ1v) is 4.43. The summed E-state index contributed by atoms with van der Waals surface area (Å²) in [6.07, 6.45) is 0. The number of rotatable bonds is 0. The van der Waals surface area contributed by atoms with Gasteiger partial charge in [0.2, 0.25) is 5.91 Å². The number of carbonyl (C=O) groups excluding carboxylic acids is 2. The highest BCUT2D eigenvalue weighted by molar-refractivity contribution is 9.08. The van der Waals surface area contributed by atoms with Gasteiger partial charge in [0.05, 0.1) is 38.2 Å². The molecule has 6 heteroatoms. The molecule has 62 valence electrons. The standard InChI is InChI=1S/C5H6Br2N2O2/c1-3-2-8(6)5(11)9(7)4(3)10/h3H,2H2,1H3. The first-order chi connectivity index (χ1) is 5.04. The molecule has 1 unspecified atom stereocenters. The molecule has 0 saturated carbocycles. The number of hydrogen-bond acceptors (Lipinski definition) is 2. The lowest BCUT2D eigenvalue weighted by Crippen LogP contribution is -2.47. The van der Waals surface area contributed by atoms with E-state index in [4.69, 9.17) is 0 Å². The maximum absolute atomic E-state index is 11.1. The lowest BCUT2D eigenvalue weighted by molar-refractivity contribution is -0.129. The Bertz CT molecular complexity index is 189. The summed E-state index contributed by atoms with van der Waals surface area (Å²) in [4.78, 5) is 22.1. The number of imide groups is 1. The van der Waals surface area contributed by atoms with E-state index in [1.165, 1.54) is 3.93 Å². The molecule has 1 atom stereocenters. The Balaban J connectivity index is 2.79. The van der Waals surface area contributed by atoms with Crippen LogP contribution in [0, 0.1) is 5.92 Å². The average molecular weight is 286 g/mol. The molecular formula is C5H6Br2N2O2. The highest BCUT2D eigenvalue weighted by Crippen LogP contribution is 2.20. The van der Waals surface area contributed by atoms with E-state index in [0.29, 0.717) is 6.54 Å². The number of nitrogens with zero attached hydrogens (tertiary/aromatic N) is 2. The van der Waals surface area contributed by atoms with Crippen molar-refractivity contribution in [3.8, 4) is 0 Å². The van der Waals surface area contributed by atoms with Crippen LogP contribution < -0.4 is 0 Å². The minimum atomic E-state index is -0.381. The van der Waals surface area contributed by atoms with Crippen molar-refractivity contribution in [3.05, 3.63) is 0 Å². The third-order valence-corrected chi connectivity index (χ3v) is 2.67. The SMILES string of the molecule is CC1CN(Br)C(=O)N(Br)C1=O. The second-order valence-electron chi connectivity index (χ2n) is 2.35. The average Bonchev–Trinajstić information content (AvgIpc) is 1.97. The Hall–Kier alpha value is -0.100. The fourth-order valence-electron chi connectivity index (χ4n) is 0.780. The van der Waals surface area contributed by atoms with Gasteiger partial charge >= 0.3 is 6.03 Å². The van der Waals surface area contributed by atoms with E-state index in [1.54, 1.807) is 6.92 Å². The van der Waals surface area contributed by atoms with Gasteiger partial charge in [-0.2, -0.15) is 3.93 Å². The lowest BCUT2D eigenvalue weighted by atomic mass is 10.1. The van der Waals surface area contributed by atoms with E-state index in [-0.39, 0.29) is 17.9 Å². The number of hydrogen-bond donors (Lipinski definition) is 0. The van der Waals surface area contributed by atoms with E-state index >= 15 is 0 Å². The predicted octanol–water partition coefficient (Wildman–Crippen LogP) is 1.51. The first-order valence-electron chi connectivity index (χ1n) is 3.01. The van der Waals surface area contributed by atoms with Crippen LogP contribution >= 0.6 is 32.3 Å². The summed E-state index contributed by atoms with van der Waals surface area (Å²) in [5.74, 6) is -0.364. The van der Waals surface area contributed by atoms with Crippen LogP contribution in [-0.2, 0) is 4.79 Å². The maximum atomic E-state index is 11.1. The van der Waals surface area contributed by atoms with Gasteiger partial charge in [-0.05, 0) is 0 Å². The number of urea groups is 1. The van der Waals surface area contributed by atoms with Gasteiger partial charge < -0.3 is 0 Å². The Morgan fingerprint density at radius 2 is 2.00 bits per heavy atom. The van der Waals surface area contributed by atoms with Crippen molar-refractivity contribution in [1.82, 2.24) is 7.85 Å². The van der Waals surface area contributed by atoms with Gasteiger partial charge in [0, 0.05) is 6.54 Å². The van der Waals surface area contributed by atoms with E-state index < -0.39 is 0 Å². The highest BCUT2D eigenvalue weighted by atomic mass is 79.9. The van der Waals surface area contributed by atoms with Gasteiger partial charge in [0.15, 0.2) is 0 Å². The van der Waals surface area contributed by atoms with Crippen molar-refractivity contribution < 1.29 is 9.59 Å².